The zero-order valence-corrected chi connectivity index (χ0v) is 19.4. The highest BCUT2D eigenvalue weighted by atomic mass is 32.1. The minimum atomic E-state index is -0.480. The molecular formula is C24H28N4O3S. The summed E-state index contributed by atoms with van der Waals surface area (Å²) < 4.78 is 0. The number of rotatable bonds is 5. The molecule has 7 nitrogen and oxygen atoms in total. The summed E-state index contributed by atoms with van der Waals surface area (Å²) in [6.45, 7) is 10.8. The minimum absolute atomic E-state index is 0.125. The molecule has 8 heteroatoms. The van der Waals surface area contributed by atoms with Gasteiger partial charge in [-0.1, -0.05) is 26.5 Å². The number of allylic oxidation sites excluding steroid dienone is 1. The van der Waals surface area contributed by atoms with Crippen LogP contribution >= 0.6 is 11.3 Å². The number of hydrogen-bond donors (Lipinski definition) is 3. The number of fused-ring (bicyclic) bond motifs is 1. The first-order chi connectivity index (χ1) is 15.2. The molecule has 0 spiro atoms. The largest absolute Gasteiger partial charge is 0.333 e. The molecule has 4 rings (SSSR count). The summed E-state index contributed by atoms with van der Waals surface area (Å²) in [6.07, 6.45) is 1.24. The summed E-state index contributed by atoms with van der Waals surface area (Å²) in [6, 6.07) is 5.13. The summed E-state index contributed by atoms with van der Waals surface area (Å²) in [5.41, 5.74) is 5.37. The van der Waals surface area contributed by atoms with Crippen LogP contribution in [0.1, 0.15) is 64.5 Å². The highest BCUT2D eigenvalue weighted by molar-refractivity contribution is 7.10. The number of amides is 4. The molecule has 1 saturated heterocycles. The van der Waals surface area contributed by atoms with E-state index in [2.05, 4.69) is 43.3 Å². The van der Waals surface area contributed by atoms with Crippen LogP contribution in [0.25, 0.3) is 0 Å². The van der Waals surface area contributed by atoms with Crippen LogP contribution in [0.3, 0.4) is 0 Å². The number of nitrogens with zero attached hydrogens (tertiary/aromatic N) is 1. The Kier molecular flexibility index (Phi) is 6.06. The van der Waals surface area contributed by atoms with E-state index in [1.54, 1.807) is 4.90 Å². The highest BCUT2D eigenvalue weighted by Gasteiger charge is 2.39. The average Bonchev–Trinajstić information content (AvgIpc) is 3.28. The van der Waals surface area contributed by atoms with E-state index in [1.165, 1.54) is 22.5 Å². The Labute approximate surface area is 191 Å². The van der Waals surface area contributed by atoms with Crippen LogP contribution in [0.15, 0.2) is 35.9 Å². The molecule has 2 aliphatic rings. The third-order valence-corrected chi connectivity index (χ3v) is 7.10. The van der Waals surface area contributed by atoms with E-state index >= 15 is 0 Å². The van der Waals surface area contributed by atoms with E-state index in [1.807, 2.05) is 23.6 Å². The number of hydrogen-bond acceptors (Lipinski definition) is 4. The standard InChI is InChI=1S/C24H28N4O3S/c1-13(2)17-9-16(7-5-14(17)3)27-24(31)25-10-21-18-11-28(23(30)19(18)12-32-21)20-8-6-15(4)26-22(20)29/h5,7,9,12-13,20H,4,6,8,10-11H2,1-3H3,(H,26,29)(H2,25,27,31). The molecule has 1 aromatic heterocycles. The molecule has 2 aliphatic heterocycles. The first-order valence-corrected chi connectivity index (χ1v) is 11.7. The van der Waals surface area contributed by atoms with Crippen molar-refractivity contribution in [3.8, 4) is 0 Å². The lowest BCUT2D eigenvalue weighted by molar-refractivity contribution is -0.126. The fourth-order valence-corrected chi connectivity index (χ4v) is 5.28. The minimum Gasteiger partial charge on any atom is -0.333 e. The number of anilines is 1. The lowest BCUT2D eigenvalue weighted by Gasteiger charge is -2.31. The molecule has 2 aromatic rings. The molecule has 1 aromatic carbocycles. The van der Waals surface area contributed by atoms with Crippen molar-refractivity contribution in [2.24, 2.45) is 0 Å². The Balaban J connectivity index is 1.39. The molecule has 32 heavy (non-hydrogen) atoms. The zero-order chi connectivity index (χ0) is 23.0. The van der Waals surface area contributed by atoms with E-state index in [0.717, 1.165) is 16.1 Å². The number of carbonyl (C=O) groups is 3. The normalized spacial score (nSPS) is 18.1. The van der Waals surface area contributed by atoms with Gasteiger partial charge in [0.2, 0.25) is 5.91 Å². The second kappa shape index (κ2) is 8.78. The molecule has 168 valence electrons. The van der Waals surface area contributed by atoms with Gasteiger partial charge in [-0.3, -0.25) is 9.59 Å². The van der Waals surface area contributed by atoms with E-state index in [0.29, 0.717) is 43.1 Å². The van der Waals surface area contributed by atoms with Crippen molar-refractivity contribution in [3.05, 3.63) is 63.0 Å². The number of aryl methyl sites for hydroxylation is 1. The molecule has 0 saturated carbocycles. The van der Waals surface area contributed by atoms with Gasteiger partial charge in [0, 0.05) is 28.2 Å². The number of benzene rings is 1. The first-order valence-electron chi connectivity index (χ1n) is 10.8. The van der Waals surface area contributed by atoms with E-state index < -0.39 is 6.04 Å². The SMILES string of the molecule is C=C1CCC(N2Cc3c(csc3CNC(=O)Nc3ccc(C)c(C(C)C)c3)C2=O)C(=O)N1. The van der Waals surface area contributed by atoms with Gasteiger partial charge in [-0.25, -0.2) is 4.79 Å². The summed E-state index contributed by atoms with van der Waals surface area (Å²) in [4.78, 5) is 40.2. The molecule has 4 amide bonds. The van der Waals surface area contributed by atoms with Gasteiger partial charge < -0.3 is 20.9 Å². The topological polar surface area (TPSA) is 90.5 Å². The predicted octanol–water partition coefficient (Wildman–Crippen LogP) is 4.25. The van der Waals surface area contributed by atoms with Crippen LogP contribution in [-0.4, -0.2) is 28.8 Å². The summed E-state index contributed by atoms with van der Waals surface area (Å²) in [5, 5.41) is 10.3. The Morgan fingerprint density at radius 3 is 2.84 bits per heavy atom. The predicted molar refractivity (Wildman–Crippen MR) is 126 cm³/mol. The molecule has 0 bridgehead atoms. The van der Waals surface area contributed by atoms with Crippen molar-refractivity contribution < 1.29 is 14.4 Å². The monoisotopic (exact) mass is 452 g/mol. The Morgan fingerprint density at radius 1 is 1.34 bits per heavy atom. The lowest BCUT2D eigenvalue weighted by Crippen LogP contribution is -2.49. The van der Waals surface area contributed by atoms with Crippen molar-refractivity contribution in [3.63, 3.8) is 0 Å². The second-order valence-corrected chi connectivity index (χ2v) is 9.63. The van der Waals surface area contributed by atoms with Gasteiger partial charge in [-0.05, 0) is 54.5 Å². The number of thiophene rings is 1. The number of carbonyl (C=O) groups excluding carboxylic acids is 3. The van der Waals surface area contributed by atoms with E-state index in [-0.39, 0.29) is 17.8 Å². The molecule has 0 radical (unpaired) electrons. The molecule has 1 unspecified atom stereocenters. The van der Waals surface area contributed by atoms with Gasteiger partial charge in [0.1, 0.15) is 6.04 Å². The maximum atomic E-state index is 12.9. The van der Waals surface area contributed by atoms with Gasteiger partial charge in [-0.2, -0.15) is 0 Å². The summed E-state index contributed by atoms with van der Waals surface area (Å²) >= 11 is 1.46. The number of urea groups is 1. The van der Waals surface area contributed by atoms with Crippen molar-refractivity contribution >= 4 is 34.9 Å². The van der Waals surface area contributed by atoms with Crippen LogP contribution in [-0.2, 0) is 17.9 Å². The average molecular weight is 453 g/mol. The van der Waals surface area contributed by atoms with Crippen LogP contribution in [0, 0.1) is 6.92 Å². The third kappa shape index (κ3) is 4.27. The molecule has 1 fully saturated rings. The van der Waals surface area contributed by atoms with Crippen LogP contribution in [0.5, 0.6) is 0 Å². The number of nitrogens with one attached hydrogen (secondary N) is 3. The summed E-state index contributed by atoms with van der Waals surface area (Å²) in [5.74, 6) is 0.0696. The van der Waals surface area contributed by atoms with Crippen molar-refractivity contribution in [1.82, 2.24) is 15.5 Å². The molecular weight excluding hydrogens is 424 g/mol. The molecule has 3 heterocycles. The van der Waals surface area contributed by atoms with Crippen molar-refractivity contribution in [2.75, 3.05) is 5.32 Å². The zero-order valence-electron chi connectivity index (χ0n) is 18.6. The Morgan fingerprint density at radius 2 is 2.12 bits per heavy atom. The van der Waals surface area contributed by atoms with Gasteiger partial charge >= 0.3 is 6.03 Å². The van der Waals surface area contributed by atoms with E-state index in [9.17, 15) is 14.4 Å². The maximum Gasteiger partial charge on any atom is 0.319 e. The third-order valence-electron chi connectivity index (χ3n) is 6.07. The highest BCUT2D eigenvalue weighted by Crippen LogP contribution is 2.34. The van der Waals surface area contributed by atoms with Crippen molar-refractivity contribution in [2.45, 2.75) is 58.7 Å². The Hall–Kier alpha value is -3.13. The quantitative estimate of drug-likeness (QED) is 0.633. The second-order valence-electron chi connectivity index (χ2n) is 8.67. The van der Waals surface area contributed by atoms with Gasteiger partial charge in [0.25, 0.3) is 5.91 Å². The van der Waals surface area contributed by atoms with Gasteiger partial charge in [0.15, 0.2) is 0 Å². The number of piperidine rings is 1. The first kappa shape index (κ1) is 22.1. The summed E-state index contributed by atoms with van der Waals surface area (Å²) in [7, 11) is 0. The van der Waals surface area contributed by atoms with Crippen LogP contribution < -0.4 is 16.0 Å². The van der Waals surface area contributed by atoms with Crippen LogP contribution in [0.2, 0.25) is 0 Å². The maximum absolute atomic E-state index is 12.9. The lowest BCUT2D eigenvalue weighted by atomic mass is 9.97. The smallest absolute Gasteiger partial charge is 0.319 e. The van der Waals surface area contributed by atoms with Crippen molar-refractivity contribution in [1.29, 1.82) is 0 Å². The fourth-order valence-electron chi connectivity index (χ4n) is 4.31. The fraction of sp³-hybridized carbons (Fsp3) is 0.375. The van der Waals surface area contributed by atoms with Crippen LogP contribution in [0.4, 0.5) is 10.5 Å². The Bertz CT molecular complexity index is 1100. The molecule has 3 N–H and O–H groups in total. The van der Waals surface area contributed by atoms with Gasteiger partial charge in [0.05, 0.1) is 12.1 Å². The van der Waals surface area contributed by atoms with E-state index in [4.69, 9.17) is 0 Å². The van der Waals surface area contributed by atoms with Gasteiger partial charge in [-0.15, -0.1) is 11.3 Å². The molecule has 1 atom stereocenters. The molecule has 0 aliphatic carbocycles.